The van der Waals surface area contributed by atoms with Gasteiger partial charge >= 0.3 is 12.1 Å². The fraction of sp³-hybridized carbons (Fsp3) is 0.310. The standard InChI is InChI=1S/C29H29FN6O6S/c1-15-6-18(25-21(7-15)35-24(39-5)12-31-25)26-36-20-8-19(30)22(9-23(20)43-26)40-13-16(2)42-28(37)34-17-10-32-27(33-11-17)41-14-29(3,4)38/h6-12,16,38H,13-14H2,1-5H3,(H,34,37)/t16-/m1/s1. The Morgan fingerprint density at radius 1 is 1.07 bits per heavy atom. The van der Waals surface area contributed by atoms with Gasteiger partial charge in [0.25, 0.3) is 0 Å². The maximum absolute atomic E-state index is 14.9. The van der Waals surface area contributed by atoms with Crippen molar-refractivity contribution in [1.82, 2.24) is 24.9 Å². The summed E-state index contributed by atoms with van der Waals surface area (Å²) in [6.45, 7) is 6.66. The van der Waals surface area contributed by atoms with Gasteiger partial charge in [-0.2, -0.15) is 0 Å². The molecular weight excluding hydrogens is 579 g/mol. The van der Waals surface area contributed by atoms with Crippen molar-refractivity contribution in [2.45, 2.75) is 39.4 Å². The SMILES string of the molecule is COc1cnc2c(-c3nc4cc(F)c(OC[C@@H](C)OC(=O)Nc5cnc(OCC(C)(C)O)nc5)cc4s3)cc(C)cc2n1. The van der Waals surface area contributed by atoms with Crippen molar-refractivity contribution >= 4 is 44.4 Å². The summed E-state index contributed by atoms with van der Waals surface area (Å²) < 4.78 is 37.1. The molecule has 0 aliphatic rings. The molecule has 14 heteroatoms. The van der Waals surface area contributed by atoms with Gasteiger partial charge in [0.1, 0.15) is 24.3 Å². The molecule has 0 unspecified atom stereocenters. The van der Waals surface area contributed by atoms with Gasteiger partial charge < -0.3 is 24.1 Å². The van der Waals surface area contributed by atoms with E-state index in [0.29, 0.717) is 32.1 Å². The van der Waals surface area contributed by atoms with Crippen LogP contribution in [0.15, 0.2) is 42.9 Å². The molecule has 2 aromatic carbocycles. The number of hydrogen-bond donors (Lipinski definition) is 2. The molecule has 5 aromatic rings. The quantitative estimate of drug-likeness (QED) is 0.212. The van der Waals surface area contributed by atoms with Crippen molar-refractivity contribution in [2.24, 2.45) is 0 Å². The van der Waals surface area contributed by atoms with Crippen molar-refractivity contribution in [3.8, 4) is 28.2 Å². The molecule has 3 aromatic heterocycles. The van der Waals surface area contributed by atoms with Crippen LogP contribution in [-0.4, -0.2) is 68.1 Å². The van der Waals surface area contributed by atoms with Gasteiger partial charge in [-0.25, -0.2) is 34.1 Å². The number of anilines is 1. The molecule has 5 rings (SSSR count). The third-order valence-electron chi connectivity index (χ3n) is 5.86. The average Bonchev–Trinajstić information content (AvgIpc) is 3.36. The van der Waals surface area contributed by atoms with Crippen LogP contribution in [-0.2, 0) is 4.74 Å². The molecule has 3 heterocycles. The van der Waals surface area contributed by atoms with Crippen LogP contribution in [0.2, 0.25) is 0 Å². The maximum atomic E-state index is 14.9. The van der Waals surface area contributed by atoms with Crippen LogP contribution in [0.4, 0.5) is 14.9 Å². The number of aromatic nitrogens is 5. The zero-order chi connectivity index (χ0) is 30.7. The Labute approximate surface area is 249 Å². The lowest BCUT2D eigenvalue weighted by atomic mass is 10.1. The highest BCUT2D eigenvalue weighted by molar-refractivity contribution is 7.21. The number of carbonyl (C=O) groups is 1. The Morgan fingerprint density at radius 2 is 1.84 bits per heavy atom. The predicted octanol–water partition coefficient (Wildman–Crippen LogP) is 5.32. The Kier molecular flexibility index (Phi) is 8.50. The van der Waals surface area contributed by atoms with Gasteiger partial charge in [-0.15, -0.1) is 11.3 Å². The van der Waals surface area contributed by atoms with Crippen molar-refractivity contribution in [1.29, 1.82) is 0 Å². The number of fused-ring (bicyclic) bond motifs is 2. The van der Waals surface area contributed by atoms with E-state index >= 15 is 0 Å². The average molecular weight is 609 g/mol. The first-order valence-electron chi connectivity index (χ1n) is 13.2. The molecule has 0 saturated heterocycles. The largest absolute Gasteiger partial charge is 0.487 e. The second-order valence-electron chi connectivity index (χ2n) is 10.4. The highest BCUT2D eigenvalue weighted by atomic mass is 32.1. The number of benzene rings is 2. The summed E-state index contributed by atoms with van der Waals surface area (Å²) in [5.41, 5.74) is 2.79. The molecule has 1 amide bonds. The zero-order valence-corrected chi connectivity index (χ0v) is 24.9. The minimum Gasteiger partial charge on any atom is -0.487 e. The first kappa shape index (κ1) is 29.8. The number of nitrogens with one attached hydrogen (secondary N) is 1. The fourth-order valence-corrected chi connectivity index (χ4v) is 4.93. The number of ether oxygens (including phenoxy) is 4. The molecule has 0 aliphatic carbocycles. The number of hydrogen-bond acceptors (Lipinski definition) is 12. The van der Waals surface area contributed by atoms with E-state index in [2.05, 4.69) is 30.2 Å². The third kappa shape index (κ3) is 7.40. The number of carbonyl (C=O) groups excluding carboxylic acids is 1. The Bertz CT molecular complexity index is 1780. The van der Waals surface area contributed by atoms with Gasteiger partial charge in [0.15, 0.2) is 11.6 Å². The van der Waals surface area contributed by atoms with E-state index in [1.54, 1.807) is 33.0 Å². The summed E-state index contributed by atoms with van der Waals surface area (Å²) >= 11 is 1.37. The molecule has 43 heavy (non-hydrogen) atoms. The molecule has 224 valence electrons. The summed E-state index contributed by atoms with van der Waals surface area (Å²) in [6, 6.07) is 6.81. The minimum absolute atomic E-state index is 0.00608. The van der Waals surface area contributed by atoms with Crippen LogP contribution >= 0.6 is 11.3 Å². The second-order valence-corrected chi connectivity index (χ2v) is 11.4. The molecule has 0 saturated carbocycles. The predicted molar refractivity (Wildman–Crippen MR) is 158 cm³/mol. The minimum atomic E-state index is -1.04. The van der Waals surface area contributed by atoms with Gasteiger partial charge in [0.2, 0.25) is 5.88 Å². The molecule has 0 bridgehead atoms. The first-order valence-corrected chi connectivity index (χ1v) is 14.0. The number of halogens is 1. The van der Waals surface area contributed by atoms with E-state index in [9.17, 15) is 14.3 Å². The van der Waals surface area contributed by atoms with E-state index in [1.165, 1.54) is 36.9 Å². The Hall–Kier alpha value is -4.69. The summed E-state index contributed by atoms with van der Waals surface area (Å²) in [5, 5.41) is 12.9. The Morgan fingerprint density at radius 3 is 2.56 bits per heavy atom. The smallest absolute Gasteiger partial charge is 0.412 e. The number of aryl methyl sites for hydroxylation is 1. The van der Waals surface area contributed by atoms with E-state index in [4.69, 9.17) is 18.9 Å². The van der Waals surface area contributed by atoms with Crippen molar-refractivity contribution in [3.05, 3.63) is 54.2 Å². The second kappa shape index (κ2) is 12.3. The molecule has 0 fully saturated rings. The van der Waals surface area contributed by atoms with E-state index in [1.807, 2.05) is 19.1 Å². The van der Waals surface area contributed by atoms with Gasteiger partial charge in [-0.1, -0.05) is 0 Å². The topological polar surface area (TPSA) is 151 Å². The summed E-state index contributed by atoms with van der Waals surface area (Å²) in [4.78, 5) is 33.9. The molecular formula is C29H29FN6O6S. The van der Waals surface area contributed by atoms with Crippen LogP contribution in [0.3, 0.4) is 0 Å². The van der Waals surface area contributed by atoms with E-state index < -0.39 is 23.6 Å². The molecule has 2 N–H and O–H groups in total. The van der Waals surface area contributed by atoms with Gasteiger partial charge in [0, 0.05) is 17.7 Å². The maximum Gasteiger partial charge on any atom is 0.412 e. The lowest BCUT2D eigenvalue weighted by Gasteiger charge is -2.17. The zero-order valence-electron chi connectivity index (χ0n) is 24.0. The summed E-state index contributed by atoms with van der Waals surface area (Å²) in [7, 11) is 1.53. The van der Waals surface area contributed by atoms with Crippen molar-refractivity contribution in [2.75, 3.05) is 25.6 Å². The van der Waals surface area contributed by atoms with E-state index in [0.717, 1.165) is 11.1 Å². The van der Waals surface area contributed by atoms with Crippen LogP contribution in [0.5, 0.6) is 17.6 Å². The highest BCUT2D eigenvalue weighted by Gasteiger charge is 2.18. The highest BCUT2D eigenvalue weighted by Crippen LogP contribution is 2.37. The van der Waals surface area contributed by atoms with Crippen molar-refractivity contribution in [3.63, 3.8) is 0 Å². The number of thiazole rings is 1. The number of methoxy groups -OCH3 is 1. The third-order valence-corrected chi connectivity index (χ3v) is 6.91. The molecule has 1 atom stereocenters. The lowest BCUT2D eigenvalue weighted by Crippen LogP contribution is -2.28. The van der Waals surface area contributed by atoms with Gasteiger partial charge in [-0.05, 0) is 45.4 Å². The molecule has 0 aliphatic heterocycles. The van der Waals surface area contributed by atoms with Crippen LogP contribution in [0.1, 0.15) is 26.3 Å². The molecule has 0 spiro atoms. The molecule has 0 radical (unpaired) electrons. The van der Waals surface area contributed by atoms with Gasteiger partial charge in [-0.3, -0.25) is 5.32 Å². The molecule has 12 nitrogen and oxygen atoms in total. The summed E-state index contributed by atoms with van der Waals surface area (Å²) in [5.74, 6) is -0.179. The fourth-order valence-electron chi connectivity index (χ4n) is 3.93. The summed E-state index contributed by atoms with van der Waals surface area (Å²) in [6.07, 6.45) is 2.75. The number of aliphatic hydroxyl groups is 1. The van der Waals surface area contributed by atoms with Crippen molar-refractivity contribution < 1.29 is 33.2 Å². The number of rotatable bonds is 10. The van der Waals surface area contributed by atoms with Crippen LogP contribution < -0.4 is 19.5 Å². The number of nitrogens with zero attached hydrogens (tertiary/aromatic N) is 5. The number of amides is 1. The lowest BCUT2D eigenvalue weighted by molar-refractivity contribution is 0.0250. The Balaban J connectivity index is 1.22. The monoisotopic (exact) mass is 608 g/mol. The normalized spacial score (nSPS) is 12.3. The van der Waals surface area contributed by atoms with Crippen LogP contribution in [0, 0.1) is 12.7 Å². The van der Waals surface area contributed by atoms with Gasteiger partial charge in [0.05, 0.1) is 58.2 Å². The van der Waals surface area contributed by atoms with Crippen LogP contribution in [0.25, 0.3) is 31.8 Å². The first-order chi connectivity index (χ1) is 20.5. The van der Waals surface area contributed by atoms with E-state index in [-0.39, 0.29) is 30.7 Å².